The van der Waals surface area contributed by atoms with Crippen molar-refractivity contribution in [1.82, 2.24) is 10.2 Å². The van der Waals surface area contributed by atoms with Gasteiger partial charge in [-0.25, -0.2) is 12.8 Å². The van der Waals surface area contributed by atoms with E-state index >= 15 is 0 Å². The van der Waals surface area contributed by atoms with E-state index in [2.05, 4.69) is 5.32 Å². The van der Waals surface area contributed by atoms with Crippen LogP contribution in [0.3, 0.4) is 0 Å². The molecule has 1 atom stereocenters. The molecule has 0 radical (unpaired) electrons. The minimum absolute atomic E-state index is 0.0180. The third-order valence-electron chi connectivity index (χ3n) is 7.21. The van der Waals surface area contributed by atoms with Gasteiger partial charge in [0.25, 0.3) is 10.0 Å². The standard InChI is InChI=1S/C35H38FN3O5S/c1-4-37-35(41)33(23-27-9-7-6-8-10-27)38(24-28-13-15-29(36)16-14-28)34(40)25-39(30-17-19-31(20-18-30)44-5-2)45(42,43)32-21-11-26(3)12-22-32/h6-22,33H,4-5,23-25H2,1-3H3,(H,37,41)/t33-/m0/s1. The quantitative estimate of drug-likeness (QED) is 0.198. The zero-order chi connectivity index (χ0) is 32.4. The molecule has 0 fully saturated rings. The summed E-state index contributed by atoms with van der Waals surface area (Å²) in [5, 5.41) is 2.82. The van der Waals surface area contributed by atoms with Gasteiger partial charge in [0.15, 0.2) is 0 Å². The van der Waals surface area contributed by atoms with E-state index in [1.165, 1.54) is 29.2 Å². The molecular weight excluding hydrogens is 593 g/mol. The smallest absolute Gasteiger partial charge is 0.264 e. The van der Waals surface area contributed by atoms with Crippen LogP contribution in [0.2, 0.25) is 0 Å². The lowest BCUT2D eigenvalue weighted by Gasteiger charge is -2.34. The van der Waals surface area contributed by atoms with E-state index < -0.39 is 34.3 Å². The van der Waals surface area contributed by atoms with Crippen LogP contribution in [0.1, 0.15) is 30.5 Å². The van der Waals surface area contributed by atoms with Gasteiger partial charge in [-0.3, -0.25) is 13.9 Å². The van der Waals surface area contributed by atoms with Crippen molar-refractivity contribution in [3.63, 3.8) is 0 Å². The van der Waals surface area contributed by atoms with E-state index in [0.717, 1.165) is 15.4 Å². The van der Waals surface area contributed by atoms with Gasteiger partial charge < -0.3 is 15.0 Å². The fourth-order valence-corrected chi connectivity index (χ4v) is 6.29. The summed E-state index contributed by atoms with van der Waals surface area (Å²) in [7, 11) is -4.22. The first kappa shape index (κ1) is 33.2. The molecule has 0 aromatic heterocycles. The first-order valence-corrected chi connectivity index (χ1v) is 16.2. The second-order valence-corrected chi connectivity index (χ2v) is 12.4. The van der Waals surface area contributed by atoms with E-state index in [4.69, 9.17) is 4.74 Å². The number of sulfonamides is 1. The molecule has 0 heterocycles. The number of halogens is 1. The van der Waals surface area contributed by atoms with Crippen LogP contribution in [0.25, 0.3) is 0 Å². The fraction of sp³-hybridized carbons (Fsp3) is 0.257. The summed E-state index contributed by atoms with van der Waals surface area (Å²) in [6, 6.07) is 26.8. The molecule has 0 aliphatic heterocycles. The van der Waals surface area contributed by atoms with Crippen molar-refractivity contribution in [2.24, 2.45) is 0 Å². The average Bonchev–Trinajstić information content (AvgIpc) is 3.03. The molecule has 4 aromatic carbocycles. The van der Waals surface area contributed by atoms with Gasteiger partial charge in [-0.2, -0.15) is 0 Å². The number of carbonyl (C=O) groups excluding carboxylic acids is 2. The van der Waals surface area contributed by atoms with Gasteiger partial charge in [-0.15, -0.1) is 0 Å². The van der Waals surface area contributed by atoms with Crippen LogP contribution < -0.4 is 14.4 Å². The minimum atomic E-state index is -4.22. The molecule has 2 amide bonds. The van der Waals surface area contributed by atoms with Crippen molar-refractivity contribution in [3.8, 4) is 5.75 Å². The number of likely N-dealkylation sites (N-methyl/N-ethyl adjacent to an activating group) is 1. The lowest BCUT2D eigenvalue weighted by atomic mass is 10.0. The average molecular weight is 632 g/mol. The van der Waals surface area contributed by atoms with Crippen molar-refractivity contribution in [1.29, 1.82) is 0 Å². The van der Waals surface area contributed by atoms with Gasteiger partial charge in [-0.1, -0.05) is 60.2 Å². The van der Waals surface area contributed by atoms with E-state index in [9.17, 15) is 22.4 Å². The van der Waals surface area contributed by atoms with E-state index in [1.54, 1.807) is 55.5 Å². The second-order valence-electron chi connectivity index (χ2n) is 10.5. The number of rotatable bonds is 14. The number of anilines is 1. The number of amides is 2. The van der Waals surface area contributed by atoms with Gasteiger partial charge in [0.1, 0.15) is 24.2 Å². The number of ether oxygens (including phenoxy) is 1. The fourth-order valence-electron chi connectivity index (χ4n) is 4.87. The van der Waals surface area contributed by atoms with Crippen LogP contribution in [0, 0.1) is 12.7 Å². The van der Waals surface area contributed by atoms with Gasteiger partial charge >= 0.3 is 0 Å². The van der Waals surface area contributed by atoms with Crippen molar-refractivity contribution < 1.29 is 27.1 Å². The third-order valence-corrected chi connectivity index (χ3v) is 9.00. The number of nitrogens with zero attached hydrogens (tertiary/aromatic N) is 2. The molecule has 45 heavy (non-hydrogen) atoms. The van der Waals surface area contributed by atoms with Crippen LogP contribution in [0.4, 0.5) is 10.1 Å². The molecule has 236 valence electrons. The summed E-state index contributed by atoms with van der Waals surface area (Å²) in [4.78, 5) is 29.3. The maximum Gasteiger partial charge on any atom is 0.264 e. The van der Waals surface area contributed by atoms with Crippen molar-refractivity contribution in [2.45, 2.75) is 44.7 Å². The van der Waals surface area contributed by atoms with E-state index in [1.807, 2.05) is 44.2 Å². The minimum Gasteiger partial charge on any atom is -0.494 e. The van der Waals surface area contributed by atoms with Gasteiger partial charge in [0.05, 0.1) is 17.2 Å². The zero-order valence-electron chi connectivity index (χ0n) is 25.6. The van der Waals surface area contributed by atoms with Crippen LogP contribution >= 0.6 is 0 Å². The van der Waals surface area contributed by atoms with Gasteiger partial charge in [0.2, 0.25) is 11.8 Å². The predicted molar refractivity (Wildman–Crippen MR) is 173 cm³/mol. The Morgan fingerprint density at radius 2 is 1.49 bits per heavy atom. The number of aryl methyl sites for hydroxylation is 1. The Hall–Kier alpha value is -4.70. The summed E-state index contributed by atoms with van der Waals surface area (Å²) in [5.41, 5.74) is 2.54. The Morgan fingerprint density at radius 3 is 2.09 bits per heavy atom. The number of benzene rings is 4. The molecule has 0 saturated carbocycles. The molecule has 1 N–H and O–H groups in total. The molecule has 8 nitrogen and oxygen atoms in total. The highest BCUT2D eigenvalue weighted by atomic mass is 32.2. The van der Waals surface area contributed by atoms with Crippen LogP contribution in [0.15, 0.2) is 108 Å². The summed E-state index contributed by atoms with van der Waals surface area (Å²) in [6.07, 6.45) is 0.188. The van der Waals surface area contributed by atoms with Gasteiger partial charge in [0, 0.05) is 19.5 Å². The molecule has 0 unspecified atom stereocenters. The Morgan fingerprint density at radius 1 is 0.844 bits per heavy atom. The van der Waals surface area contributed by atoms with Crippen LogP contribution in [0.5, 0.6) is 5.75 Å². The molecule has 4 rings (SSSR count). The summed E-state index contributed by atoms with van der Waals surface area (Å²) in [5.74, 6) is -0.869. The Labute approximate surface area is 264 Å². The number of nitrogens with one attached hydrogen (secondary N) is 1. The lowest BCUT2D eigenvalue weighted by molar-refractivity contribution is -0.140. The summed E-state index contributed by atoms with van der Waals surface area (Å²) in [6.45, 7) is 5.62. The highest BCUT2D eigenvalue weighted by Crippen LogP contribution is 2.27. The van der Waals surface area contributed by atoms with Crippen molar-refractivity contribution >= 4 is 27.5 Å². The molecule has 0 aliphatic rings. The maximum absolute atomic E-state index is 14.4. The normalized spacial score (nSPS) is 11.8. The monoisotopic (exact) mass is 631 g/mol. The number of carbonyl (C=O) groups is 2. The maximum atomic E-state index is 14.4. The molecule has 0 saturated heterocycles. The van der Waals surface area contributed by atoms with Crippen molar-refractivity contribution in [2.75, 3.05) is 24.0 Å². The first-order valence-electron chi connectivity index (χ1n) is 14.8. The highest BCUT2D eigenvalue weighted by Gasteiger charge is 2.34. The molecule has 0 bridgehead atoms. The number of hydrogen-bond donors (Lipinski definition) is 1. The Kier molecular flexibility index (Phi) is 11.3. The third kappa shape index (κ3) is 8.69. The highest BCUT2D eigenvalue weighted by molar-refractivity contribution is 7.92. The topological polar surface area (TPSA) is 96.0 Å². The van der Waals surface area contributed by atoms with Crippen LogP contribution in [-0.2, 0) is 32.6 Å². The zero-order valence-corrected chi connectivity index (χ0v) is 26.5. The molecule has 10 heteroatoms. The lowest BCUT2D eigenvalue weighted by Crippen LogP contribution is -2.53. The predicted octanol–water partition coefficient (Wildman–Crippen LogP) is 5.50. The summed E-state index contributed by atoms with van der Waals surface area (Å²) < 4.78 is 48.6. The SMILES string of the molecule is CCNC(=O)[C@H](Cc1ccccc1)N(Cc1ccc(F)cc1)C(=O)CN(c1ccc(OCC)cc1)S(=O)(=O)c1ccc(C)cc1. The Bertz CT molecular complexity index is 1660. The van der Waals surface area contributed by atoms with E-state index in [0.29, 0.717) is 24.5 Å². The van der Waals surface area contributed by atoms with Crippen LogP contribution in [-0.4, -0.2) is 50.9 Å². The molecule has 0 spiro atoms. The summed E-state index contributed by atoms with van der Waals surface area (Å²) >= 11 is 0. The molecule has 4 aromatic rings. The van der Waals surface area contributed by atoms with Gasteiger partial charge in [-0.05, 0) is 80.4 Å². The number of hydrogen-bond acceptors (Lipinski definition) is 5. The first-order chi connectivity index (χ1) is 21.6. The largest absolute Gasteiger partial charge is 0.494 e. The van der Waals surface area contributed by atoms with Crippen molar-refractivity contribution in [3.05, 3.63) is 126 Å². The second kappa shape index (κ2) is 15.3. The molecular formula is C35H38FN3O5S. The van der Waals surface area contributed by atoms with E-state index in [-0.39, 0.29) is 29.5 Å². The molecule has 0 aliphatic carbocycles. The Balaban J connectivity index is 1.79.